The largest absolute Gasteiger partial charge is 0.356 e. The van der Waals surface area contributed by atoms with E-state index in [1.54, 1.807) is 12.5 Å². The Morgan fingerprint density at radius 2 is 2.06 bits per heavy atom. The zero-order valence-electron chi connectivity index (χ0n) is 9.48. The van der Waals surface area contributed by atoms with E-state index >= 15 is 0 Å². The van der Waals surface area contributed by atoms with Crippen molar-refractivity contribution in [2.24, 2.45) is 0 Å². The van der Waals surface area contributed by atoms with Crippen LogP contribution in [0.3, 0.4) is 0 Å². The number of aromatic amines is 1. The third-order valence-electron chi connectivity index (χ3n) is 3.23. The van der Waals surface area contributed by atoms with Gasteiger partial charge >= 0.3 is 0 Å². The molecule has 0 aromatic carbocycles. The first kappa shape index (κ1) is 10.1. The van der Waals surface area contributed by atoms with Gasteiger partial charge in [0, 0.05) is 19.3 Å². The van der Waals surface area contributed by atoms with Crippen molar-refractivity contribution in [2.75, 3.05) is 18.0 Å². The standard InChI is InChI=1S/C12H13N5/c13-6-9-7-14-11-10(9)12(16-8-15-11)17-4-2-1-3-5-17/h7-8H,1-5H2,(H,14,15,16). The van der Waals surface area contributed by atoms with E-state index in [0.717, 1.165) is 29.9 Å². The predicted octanol–water partition coefficient (Wildman–Crippen LogP) is 1.82. The summed E-state index contributed by atoms with van der Waals surface area (Å²) in [5.74, 6) is 0.896. The number of rotatable bonds is 1. The van der Waals surface area contributed by atoms with Crippen molar-refractivity contribution in [3.8, 4) is 6.07 Å². The fourth-order valence-electron chi connectivity index (χ4n) is 2.38. The van der Waals surface area contributed by atoms with E-state index in [1.807, 2.05) is 0 Å². The topological polar surface area (TPSA) is 68.6 Å². The van der Waals surface area contributed by atoms with Crippen LogP contribution in [0.25, 0.3) is 11.0 Å². The van der Waals surface area contributed by atoms with E-state index < -0.39 is 0 Å². The highest BCUT2D eigenvalue weighted by atomic mass is 15.2. The van der Waals surface area contributed by atoms with E-state index in [4.69, 9.17) is 5.26 Å². The van der Waals surface area contributed by atoms with Crippen molar-refractivity contribution in [3.63, 3.8) is 0 Å². The van der Waals surface area contributed by atoms with Crippen LogP contribution in [0.1, 0.15) is 24.8 Å². The lowest BCUT2D eigenvalue weighted by atomic mass is 10.1. The van der Waals surface area contributed by atoms with Crippen molar-refractivity contribution in [2.45, 2.75) is 19.3 Å². The normalized spacial score (nSPS) is 16.1. The third kappa shape index (κ3) is 1.62. The first-order valence-electron chi connectivity index (χ1n) is 5.87. The van der Waals surface area contributed by atoms with Gasteiger partial charge in [0.05, 0.1) is 10.9 Å². The summed E-state index contributed by atoms with van der Waals surface area (Å²) >= 11 is 0. The van der Waals surface area contributed by atoms with Crippen molar-refractivity contribution < 1.29 is 0 Å². The van der Waals surface area contributed by atoms with Crippen LogP contribution in [-0.4, -0.2) is 28.0 Å². The van der Waals surface area contributed by atoms with Gasteiger partial charge in [-0.05, 0) is 19.3 Å². The van der Waals surface area contributed by atoms with E-state index in [1.165, 1.54) is 19.3 Å². The minimum absolute atomic E-state index is 0.626. The fourth-order valence-corrected chi connectivity index (χ4v) is 2.38. The van der Waals surface area contributed by atoms with Gasteiger partial charge in [-0.25, -0.2) is 9.97 Å². The van der Waals surface area contributed by atoms with Gasteiger partial charge in [-0.2, -0.15) is 5.26 Å². The second-order valence-corrected chi connectivity index (χ2v) is 4.28. The maximum absolute atomic E-state index is 9.10. The van der Waals surface area contributed by atoms with E-state index in [9.17, 15) is 0 Å². The maximum Gasteiger partial charge on any atom is 0.144 e. The Morgan fingerprint density at radius 1 is 1.24 bits per heavy atom. The molecule has 2 aromatic rings. The molecular weight excluding hydrogens is 214 g/mol. The number of anilines is 1. The average Bonchev–Trinajstić information content (AvgIpc) is 2.82. The summed E-state index contributed by atoms with van der Waals surface area (Å²) in [6.45, 7) is 2.03. The molecule has 0 spiro atoms. The number of fused-ring (bicyclic) bond motifs is 1. The van der Waals surface area contributed by atoms with E-state index in [-0.39, 0.29) is 0 Å². The number of aromatic nitrogens is 3. The molecule has 0 radical (unpaired) electrons. The molecule has 1 aliphatic rings. The predicted molar refractivity (Wildman–Crippen MR) is 64.7 cm³/mol. The Labute approximate surface area is 99.1 Å². The number of nitrogens with one attached hydrogen (secondary N) is 1. The Morgan fingerprint density at radius 3 is 2.82 bits per heavy atom. The molecule has 3 heterocycles. The van der Waals surface area contributed by atoms with Gasteiger partial charge in [0.1, 0.15) is 23.9 Å². The van der Waals surface area contributed by atoms with Crippen LogP contribution in [0.15, 0.2) is 12.5 Å². The summed E-state index contributed by atoms with van der Waals surface area (Å²) in [6.07, 6.45) is 6.93. The fraction of sp³-hybridized carbons (Fsp3) is 0.417. The number of hydrogen-bond donors (Lipinski definition) is 1. The first-order valence-corrected chi connectivity index (χ1v) is 5.87. The molecule has 0 aliphatic carbocycles. The SMILES string of the molecule is N#Cc1c[nH]c2ncnc(N3CCCCC3)c12. The number of piperidine rings is 1. The number of H-pyrrole nitrogens is 1. The summed E-state index contributed by atoms with van der Waals surface area (Å²) in [4.78, 5) is 13.8. The molecule has 86 valence electrons. The van der Waals surface area contributed by atoms with Crippen LogP contribution in [0.2, 0.25) is 0 Å². The highest BCUT2D eigenvalue weighted by Crippen LogP contribution is 2.27. The monoisotopic (exact) mass is 227 g/mol. The molecule has 0 bridgehead atoms. The van der Waals surface area contributed by atoms with E-state index in [0.29, 0.717) is 5.56 Å². The second kappa shape index (κ2) is 4.06. The summed E-state index contributed by atoms with van der Waals surface area (Å²) in [6, 6.07) is 2.19. The molecule has 0 unspecified atom stereocenters. The highest BCUT2D eigenvalue weighted by Gasteiger charge is 2.18. The molecule has 2 aromatic heterocycles. The Bertz CT molecular complexity index is 574. The Balaban J connectivity index is 2.14. The van der Waals surface area contributed by atoms with Crippen LogP contribution in [0, 0.1) is 11.3 Å². The molecule has 0 saturated carbocycles. The zero-order valence-corrected chi connectivity index (χ0v) is 9.48. The van der Waals surface area contributed by atoms with Gasteiger partial charge in [-0.1, -0.05) is 0 Å². The van der Waals surface area contributed by atoms with Gasteiger partial charge in [0.15, 0.2) is 0 Å². The van der Waals surface area contributed by atoms with Crippen LogP contribution in [-0.2, 0) is 0 Å². The van der Waals surface area contributed by atoms with Crippen molar-refractivity contribution >= 4 is 16.9 Å². The minimum Gasteiger partial charge on any atom is -0.356 e. The molecule has 1 N–H and O–H groups in total. The van der Waals surface area contributed by atoms with Crippen LogP contribution in [0.4, 0.5) is 5.82 Å². The summed E-state index contributed by atoms with van der Waals surface area (Å²) in [7, 11) is 0. The average molecular weight is 227 g/mol. The quantitative estimate of drug-likeness (QED) is 0.806. The molecule has 3 rings (SSSR count). The molecule has 0 atom stereocenters. The molecule has 1 aliphatic heterocycles. The van der Waals surface area contributed by atoms with Gasteiger partial charge in [-0.3, -0.25) is 0 Å². The lowest BCUT2D eigenvalue weighted by Gasteiger charge is -2.28. The maximum atomic E-state index is 9.10. The summed E-state index contributed by atoms with van der Waals surface area (Å²) < 4.78 is 0. The molecule has 1 fully saturated rings. The van der Waals surface area contributed by atoms with Crippen LogP contribution in [0.5, 0.6) is 0 Å². The van der Waals surface area contributed by atoms with Crippen molar-refractivity contribution in [1.82, 2.24) is 15.0 Å². The van der Waals surface area contributed by atoms with Crippen LogP contribution < -0.4 is 4.90 Å². The minimum atomic E-state index is 0.626. The zero-order chi connectivity index (χ0) is 11.7. The highest BCUT2D eigenvalue weighted by molar-refractivity contribution is 5.92. The lowest BCUT2D eigenvalue weighted by Crippen LogP contribution is -2.30. The van der Waals surface area contributed by atoms with Crippen LogP contribution >= 0.6 is 0 Å². The van der Waals surface area contributed by atoms with Gasteiger partial charge in [0.25, 0.3) is 0 Å². The molecule has 1 saturated heterocycles. The molecule has 0 amide bonds. The van der Waals surface area contributed by atoms with Gasteiger partial charge in [0.2, 0.25) is 0 Å². The van der Waals surface area contributed by atoms with Gasteiger partial charge < -0.3 is 9.88 Å². The second-order valence-electron chi connectivity index (χ2n) is 4.28. The Kier molecular flexibility index (Phi) is 2.41. The summed E-state index contributed by atoms with van der Waals surface area (Å²) in [5.41, 5.74) is 1.37. The molecule has 5 heteroatoms. The smallest absolute Gasteiger partial charge is 0.144 e. The van der Waals surface area contributed by atoms with Gasteiger partial charge in [-0.15, -0.1) is 0 Å². The molecule has 5 nitrogen and oxygen atoms in total. The summed E-state index contributed by atoms with van der Waals surface area (Å²) in [5, 5.41) is 9.96. The first-order chi connectivity index (χ1) is 8.40. The van der Waals surface area contributed by atoms with Crippen molar-refractivity contribution in [1.29, 1.82) is 5.26 Å². The number of nitriles is 1. The number of nitrogens with zero attached hydrogens (tertiary/aromatic N) is 4. The third-order valence-corrected chi connectivity index (χ3v) is 3.23. The lowest BCUT2D eigenvalue weighted by molar-refractivity contribution is 0.574. The molecular formula is C12H13N5. The van der Waals surface area contributed by atoms with Crippen molar-refractivity contribution in [3.05, 3.63) is 18.1 Å². The Hall–Kier alpha value is -2.09. The number of hydrogen-bond acceptors (Lipinski definition) is 4. The van der Waals surface area contributed by atoms with E-state index in [2.05, 4.69) is 25.9 Å². The molecule has 17 heavy (non-hydrogen) atoms.